The first-order valence-electron chi connectivity index (χ1n) is 7.11. The van der Waals surface area contributed by atoms with Crippen LogP contribution >= 0.6 is 11.6 Å². The van der Waals surface area contributed by atoms with Gasteiger partial charge in [0.25, 0.3) is 5.91 Å². The summed E-state index contributed by atoms with van der Waals surface area (Å²) in [4.78, 5) is 12.4. The highest BCUT2D eigenvalue weighted by molar-refractivity contribution is 6.34. The van der Waals surface area contributed by atoms with Gasteiger partial charge >= 0.3 is 0 Å². The molecular weight excluding hydrogens is 316 g/mol. The summed E-state index contributed by atoms with van der Waals surface area (Å²) >= 11 is 6.13. The van der Waals surface area contributed by atoms with Crippen LogP contribution in [0.5, 0.6) is 11.5 Å². The number of ether oxygens (including phenoxy) is 2. The van der Waals surface area contributed by atoms with Crippen LogP contribution in [0.1, 0.15) is 24.2 Å². The highest BCUT2D eigenvalue weighted by Crippen LogP contribution is 2.35. The van der Waals surface area contributed by atoms with Gasteiger partial charge in [-0.25, -0.2) is 0 Å². The predicted octanol–water partition coefficient (Wildman–Crippen LogP) is 3.97. The molecule has 2 aromatic carbocycles. The third-order valence-corrected chi connectivity index (χ3v) is 3.32. The smallest absolute Gasteiger partial charge is 0.255 e. The molecular formula is C17H19ClN2O3. The van der Waals surface area contributed by atoms with Gasteiger partial charge in [0, 0.05) is 17.3 Å². The van der Waals surface area contributed by atoms with Gasteiger partial charge in [-0.1, -0.05) is 11.6 Å². The first-order chi connectivity index (χ1) is 10.9. The molecule has 0 bridgehead atoms. The van der Waals surface area contributed by atoms with Crippen molar-refractivity contribution >= 4 is 28.9 Å². The van der Waals surface area contributed by atoms with E-state index in [1.807, 2.05) is 13.8 Å². The van der Waals surface area contributed by atoms with E-state index in [1.165, 1.54) is 7.11 Å². The minimum atomic E-state index is -0.300. The fourth-order valence-electron chi connectivity index (χ4n) is 2.03. The maximum atomic E-state index is 12.4. The molecule has 5 nitrogen and oxygen atoms in total. The average molecular weight is 335 g/mol. The quantitative estimate of drug-likeness (QED) is 0.811. The van der Waals surface area contributed by atoms with Crippen LogP contribution in [0.4, 0.5) is 11.4 Å². The summed E-state index contributed by atoms with van der Waals surface area (Å²) in [5.74, 6) is 0.814. The van der Waals surface area contributed by atoms with Crippen molar-refractivity contribution in [2.75, 3.05) is 18.2 Å². The minimum Gasteiger partial charge on any atom is -0.494 e. The van der Waals surface area contributed by atoms with Crippen LogP contribution < -0.4 is 20.5 Å². The molecule has 0 aliphatic rings. The molecule has 0 fully saturated rings. The number of nitrogens with one attached hydrogen (secondary N) is 1. The normalized spacial score (nSPS) is 10.5. The van der Waals surface area contributed by atoms with Gasteiger partial charge in [-0.2, -0.15) is 0 Å². The van der Waals surface area contributed by atoms with E-state index < -0.39 is 0 Å². The molecule has 1 amide bonds. The Morgan fingerprint density at radius 3 is 2.43 bits per heavy atom. The van der Waals surface area contributed by atoms with Crippen molar-refractivity contribution in [1.29, 1.82) is 0 Å². The van der Waals surface area contributed by atoms with Gasteiger partial charge < -0.3 is 20.5 Å². The zero-order valence-electron chi connectivity index (χ0n) is 13.2. The number of benzene rings is 2. The second kappa shape index (κ2) is 7.24. The Kier molecular flexibility index (Phi) is 5.34. The Hall–Kier alpha value is -2.40. The molecule has 122 valence electrons. The Morgan fingerprint density at radius 2 is 1.87 bits per heavy atom. The number of hydrogen-bond donors (Lipinski definition) is 2. The fourth-order valence-corrected chi connectivity index (χ4v) is 2.29. The van der Waals surface area contributed by atoms with Crippen molar-refractivity contribution in [3.63, 3.8) is 0 Å². The maximum absolute atomic E-state index is 12.4. The van der Waals surface area contributed by atoms with Gasteiger partial charge in [0.1, 0.15) is 17.2 Å². The minimum absolute atomic E-state index is 0.0764. The summed E-state index contributed by atoms with van der Waals surface area (Å²) in [5, 5.41) is 3.06. The highest BCUT2D eigenvalue weighted by atomic mass is 35.5. The number of nitrogen functional groups attached to an aromatic ring is 1. The van der Waals surface area contributed by atoms with E-state index in [-0.39, 0.29) is 12.0 Å². The van der Waals surface area contributed by atoms with E-state index in [2.05, 4.69) is 5.32 Å². The third-order valence-electron chi connectivity index (χ3n) is 3.02. The van der Waals surface area contributed by atoms with E-state index in [0.29, 0.717) is 33.5 Å². The van der Waals surface area contributed by atoms with Crippen LogP contribution in [0.15, 0.2) is 36.4 Å². The van der Waals surface area contributed by atoms with Gasteiger partial charge in [0.05, 0.1) is 18.2 Å². The molecule has 2 rings (SSSR count). The Bertz CT molecular complexity index is 700. The molecule has 0 aliphatic heterocycles. The number of anilines is 2. The molecule has 0 aromatic heterocycles. The number of amides is 1. The van der Waals surface area contributed by atoms with Crippen LogP contribution in [0.2, 0.25) is 5.02 Å². The van der Waals surface area contributed by atoms with E-state index in [9.17, 15) is 4.79 Å². The number of hydrogen-bond acceptors (Lipinski definition) is 4. The lowest BCUT2D eigenvalue weighted by molar-refractivity contribution is 0.102. The number of methoxy groups -OCH3 is 1. The van der Waals surface area contributed by atoms with E-state index in [4.69, 9.17) is 26.8 Å². The Labute approximate surface area is 140 Å². The van der Waals surface area contributed by atoms with Crippen LogP contribution in [-0.4, -0.2) is 19.1 Å². The van der Waals surface area contributed by atoms with Crippen molar-refractivity contribution in [3.05, 3.63) is 47.0 Å². The lowest BCUT2D eigenvalue weighted by atomic mass is 10.2. The SMILES string of the molecule is COc1cc(N)cc(Cl)c1NC(=O)c1ccc(OC(C)C)cc1. The Morgan fingerprint density at radius 1 is 1.22 bits per heavy atom. The molecule has 3 N–H and O–H groups in total. The zero-order valence-corrected chi connectivity index (χ0v) is 14.0. The lowest BCUT2D eigenvalue weighted by Gasteiger charge is -2.13. The van der Waals surface area contributed by atoms with Crippen LogP contribution in [0.3, 0.4) is 0 Å². The molecule has 0 heterocycles. The summed E-state index contributed by atoms with van der Waals surface area (Å²) in [6.45, 7) is 3.88. The van der Waals surface area contributed by atoms with Gasteiger partial charge in [0.2, 0.25) is 0 Å². The third kappa shape index (κ3) is 4.29. The topological polar surface area (TPSA) is 73.6 Å². The van der Waals surface area contributed by atoms with Crippen molar-refractivity contribution in [3.8, 4) is 11.5 Å². The number of carbonyl (C=O) groups is 1. The van der Waals surface area contributed by atoms with E-state index >= 15 is 0 Å². The van der Waals surface area contributed by atoms with Gasteiger partial charge in [-0.15, -0.1) is 0 Å². The molecule has 2 aromatic rings. The highest BCUT2D eigenvalue weighted by Gasteiger charge is 2.14. The van der Waals surface area contributed by atoms with Gasteiger partial charge in [-0.05, 0) is 44.2 Å². The molecule has 0 aliphatic carbocycles. The zero-order chi connectivity index (χ0) is 17.0. The average Bonchev–Trinajstić information content (AvgIpc) is 2.49. The van der Waals surface area contributed by atoms with E-state index in [0.717, 1.165) is 0 Å². The lowest BCUT2D eigenvalue weighted by Crippen LogP contribution is -2.13. The van der Waals surface area contributed by atoms with Crippen LogP contribution in [0, 0.1) is 0 Å². The summed E-state index contributed by atoms with van der Waals surface area (Å²) in [7, 11) is 1.48. The van der Waals surface area contributed by atoms with E-state index in [1.54, 1.807) is 36.4 Å². The van der Waals surface area contributed by atoms with Crippen molar-refractivity contribution in [2.24, 2.45) is 0 Å². The van der Waals surface area contributed by atoms with Crippen molar-refractivity contribution in [2.45, 2.75) is 20.0 Å². The number of halogens is 1. The first-order valence-corrected chi connectivity index (χ1v) is 7.49. The number of nitrogens with two attached hydrogens (primary N) is 1. The standard InChI is InChI=1S/C17H19ClN2O3/c1-10(2)23-13-6-4-11(5-7-13)17(21)20-16-14(18)8-12(19)9-15(16)22-3/h4-10H,19H2,1-3H3,(H,20,21). The number of carbonyl (C=O) groups excluding carboxylic acids is 1. The molecule has 0 spiro atoms. The summed E-state index contributed by atoms with van der Waals surface area (Å²) in [5.41, 5.74) is 7.04. The monoisotopic (exact) mass is 334 g/mol. The van der Waals surface area contributed by atoms with Crippen LogP contribution in [-0.2, 0) is 0 Å². The van der Waals surface area contributed by atoms with Crippen molar-refractivity contribution in [1.82, 2.24) is 0 Å². The van der Waals surface area contributed by atoms with Gasteiger partial charge in [-0.3, -0.25) is 4.79 Å². The van der Waals surface area contributed by atoms with Gasteiger partial charge in [0.15, 0.2) is 0 Å². The molecule has 6 heteroatoms. The van der Waals surface area contributed by atoms with Crippen LogP contribution in [0.25, 0.3) is 0 Å². The second-order valence-corrected chi connectivity index (χ2v) is 5.63. The molecule has 0 unspecified atom stereocenters. The fraction of sp³-hybridized carbons (Fsp3) is 0.235. The number of rotatable bonds is 5. The largest absolute Gasteiger partial charge is 0.494 e. The molecule has 0 atom stereocenters. The predicted molar refractivity (Wildman–Crippen MR) is 92.6 cm³/mol. The second-order valence-electron chi connectivity index (χ2n) is 5.23. The Balaban J connectivity index is 2.19. The first kappa shape index (κ1) is 17.0. The molecule has 0 saturated heterocycles. The van der Waals surface area contributed by atoms with Crippen molar-refractivity contribution < 1.29 is 14.3 Å². The summed E-state index contributed by atoms with van der Waals surface area (Å²) in [6, 6.07) is 10.0. The molecule has 0 radical (unpaired) electrons. The molecule has 0 saturated carbocycles. The summed E-state index contributed by atoms with van der Waals surface area (Å²) in [6.07, 6.45) is 0.0764. The maximum Gasteiger partial charge on any atom is 0.255 e. The summed E-state index contributed by atoms with van der Waals surface area (Å²) < 4.78 is 10.8. The molecule has 23 heavy (non-hydrogen) atoms.